The molecular weight excluding hydrogens is 685 g/mol. The molecule has 0 saturated carbocycles. The third-order valence-electron chi connectivity index (χ3n) is 11.3. The summed E-state index contributed by atoms with van der Waals surface area (Å²) in [5.74, 6) is 3.40. The van der Waals surface area contributed by atoms with Crippen molar-refractivity contribution >= 4 is 24.3 Å². The summed E-state index contributed by atoms with van der Waals surface area (Å²) in [5.41, 5.74) is 6.19. The van der Waals surface area contributed by atoms with Crippen LogP contribution < -0.4 is 10.2 Å². The third-order valence-corrected chi connectivity index (χ3v) is 12.5. The zero-order chi connectivity index (χ0) is 36.7. The van der Waals surface area contributed by atoms with Gasteiger partial charge in [-0.05, 0) is 62.5 Å². The summed E-state index contributed by atoms with van der Waals surface area (Å²) in [4.78, 5) is 17.9. The number of nitrogens with zero attached hydrogens (tertiary/aromatic N) is 3. The van der Waals surface area contributed by atoms with E-state index in [4.69, 9.17) is 29.0 Å². The lowest BCUT2D eigenvalue weighted by molar-refractivity contribution is 0.00578. The average molecular weight is 722 g/mol. The second kappa shape index (κ2) is 12.2. The fraction of sp³-hybridized carbons (Fsp3) is 0.152. The van der Waals surface area contributed by atoms with Crippen LogP contribution in [0, 0.1) is 0 Å². The molecule has 0 atom stereocenters. The van der Waals surface area contributed by atoms with Gasteiger partial charge in [0.05, 0.1) is 16.6 Å². The first-order chi connectivity index (χ1) is 26.2. The molecule has 0 radical (unpaired) electrons. The molecule has 3 aliphatic heterocycles. The lowest BCUT2D eigenvalue weighted by Gasteiger charge is -2.45. The Kier molecular flexibility index (Phi) is 7.50. The number of benzene rings is 6. The Hall–Kier alpha value is -5.54. The lowest BCUT2D eigenvalue weighted by Crippen LogP contribution is -2.41. The average Bonchev–Trinajstić information content (AvgIpc) is 3.43. The molecule has 54 heavy (non-hydrogen) atoms. The molecular formula is C46H36BN3O3S. The predicted octanol–water partition coefficient (Wildman–Crippen LogP) is 10.1. The van der Waals surface area contributed by atoms with E-state index in [0.717, 1.165) is 60.1 Å². The van der Waals surface area contributed by atoms with Crippen LogP contribution in [0.5, 0.6) is 11.5 Å². The monoisotopic (exact) mass is 721 g/mol. The SMILES string of the molecule is CC1(C)OB(c2ccc3c(c2-c2nc(-c4ccccc4)nc(-c4ccccc4)n2)Sc2ccccc2C32c3ccccc3Oc3ccccc32)OC1(C)C. The molecule has 262 valence electrons. The molecule has 0 amide bonds. The fourth-order valence-electron chi connectivity index (χ4n) is 8.01. The zero-order valence-electron chi connectivity index (χ0n) is 30.4. The smallest absolute Gasteiger partial charge is 0.457 e. The van der Waals surface area contributed by atoms with Gasteiger partial charge in [-0.15, -0.1) is 0 Å². The van der Waals surface area contributed by atoms with Gasteiger partial charge < -0.3 is 14.0 Å². The van der Waals surface area contributed by atoms with E-state index in [1.54, 1.807) is 11.8 Å². The summed E-state index contributed by atoms with van der Waals surface area (Å²) in [6.07, 6.45) is 0. The van der Waals surface area contributed by atoms with Crippen molar-refractivity contribution in [1.82, 2.24) is 15.0 Å². The van der Waals surface area contributed by atoms with Gasteiger partial charge >= 0.3 is 7.12 Å². The standard InChI is InChI=1S/C46H36BN3O3S/c1-44(2)45(3,4)53-47(52-44)35-28-27-34-40(39(35)43-49-41(29-17-7-5-8-18-29)48-42(50-43)30-19-9-6-10-20-30)54-38-26-16-13-23-33(38)46(34)31-21-11-14-24-36(31)51-37-25-15-12-22-32(37)46/h5-28H,1-4H3. The Morgan fingerprint density at radius 1 is 0.481 bits per heavy atom. The maximum Gasteiger partial charge on any atom is 0.495 e. The van der Waals surface area contributed by atoms with E-state index in [1.807, 2.05) is 72.8 Å². The van der Waals surface area contributed by atoms with Crippen LogP contribution in [0.2, 0.25) is 0 Å². The van der Waals surface area contributed by atoms with Crippen LogP contribution in [0.3, 0.4) is 0 Å². The molecule has 1 saturated heterocycles. The van der Waals surface area contributed by atoms with Gasteiger partial charge in [0.2, 0.25) is 0 Å². The molecule has 3 aliphatic rings. The lowest BCUT2D eigenvalue weighted by atomic mass is 9.62. The minimum Gasteiger partial charge on any atom is -0.457 e. The van der Waals surface area contributed by atoms with Crippen molar-refractivity contribution in [3.63, 3.8) is 0 Å². The van der Waals surface area contributed by atoms with E-state index in [2.05, 4.69) is 100 Å². The molecule has 4 heterocycles. The number of hydrogen-bond acceptors (Lipinski definition) is 7. The van der Waals surface area contributed by atoms with Gasteiger partial charge in [0.15, 0.2) is 17.5 Å². The Balaban J connectivity index is 1.33. The summed E-state index contributed by atoms with van der Waals surface area (Å²) in [6, 6.07) is 50.2. The number of aromatic nitrogens is 3. The first kappa shape index (κ1) is 33.1. The highest BCUT2D eigenvalue weighted by Gasteiger charge is 2.55. The number of hydrogen-bond donors (Lipinski definition) is 0. The highest BCUT2D eigenvalue weighted by Crippen LogP contribution is 2.62. The summed E-state index contributed by atoms with van der Waals surface area (Å²) in [7, 11) is -0.671. The predicted molar refractivity (Wildman–Crippen MR) is 214 cm³/mol. The van der Waals surface area contributed by atoms with Crippen LogP contribution in [-0.4, -0.2) is 33.3 Å². The van der Waals surface area contributed by atoms with Crippen molar-refractivity contribution in [2.45, 2.75) is 54.1 Å². The number of fused-ring (bicyclic) bond motifs is 8. The molecule has 1 fully saturated rings. The van der Waals surface area contributed by atoms with Crippen LogP contribution in [-0.2, 0) is 14.7 Å². The quantitative estimate of drug-likeness (QED) is 0.168. The Morgan fingerprint density at radius 2 is 0.963 bits per heavy atom. The van der Waals surface area contributed by atoms with Gasteiger partial charge in [0.25, 0.3) is 0 Å². The third kappa shape index (κ3) is 4.94. The second-order valence-corrected chi connectivity index (χ2v) is 16.0. The van der Waals surface area contributed by atoms with Crippen LogP contribution >= 0.6 is 11.8 Å². The topological polar surface area (TPSA) is 66.4 Å². The second-order valence-electron chi connectivity index (χ2n) is 15.0. The summed E-state index contributed by atoms with van der Waals surface area (Å²) >= 11 is 1.74. The molecule has 1 aromatic heterocycles. The van der Waals surface area contributed by atoms with E-state index >= 15 is 0 Å². The molecule has 0 bridgehead atoms. The maximum absolute atomic E-state index is 6.83. The zero-order valence-corrected chi connectivity index (χ0v) is 31.2. The van der Waals surface area contributed by atoms with Gasteiger partial charge in [0, 0.05) is 37.6 Å². The summed E-state index contributed by atoms with van der Waals surface area (Å²) < 4.78 is 20.3. The number of para-hydroxylation sites is 2. The van der Waals surface area contributed by atoms with Crippen LogP contribution in [0.4, 0.5) is 0 Å². The largest absolute Gasteiger partial charge is 0.495 e. The van der Waals surface area contributed by atoms with Crippen molar-refractivity contribution in [2.75, 3.05) is 0 Å². The van der Waals surface area contributed by atoms with Crippen LogP contribution in [0.1, 0.15) is 49.9 Å². The highest BCUT2D eigenvalue weighted by molar-refractivity contribution is 7.99. The fourth-order valence-corrected chi connectivity index (χ4v) is 9.35. The Bertz CT molecular complexity index is 2460. The molecule has 8 heteroatoms. The highest BCUT2D eigenvalue weighted by atomic mass is 32.2. The van der Waals surface area contributed by atoms with Crippen molar-refractivity contribution in [3.05, 3.63) is 168 Å². The van der Waals surface area contributed by atoms with Gasteiger partial charge in [-0.2, -0.15) is 0 Å². The first-order valence-electron chi connectivity index (χ1n) is 18.3. The van der Waals surface area contributed by atoms with Crippen molar-refractivity contribution in [3.8, 4) is 45.7 Å². The van der Waals surface area contributed by atoms with E-state index in [0.29, 0.717) is 17.5 Å². The molecule has 0 N–H and O–H groups in total. The normalized spacial score (nSPS) is 16.9. The van der Waals surface area contributed by atoms with Gasteiger partial charge in [-0.3, -0.25) is 0 Å². The minimum atomic E-state index is -0.705. The van der Waals surface area contributed by atoms with Gasteiger partial charge in [0.1, 0.15) is 11.5 Å². The van der Waals surface area contributed by atoms with E-state index < -0.39 is 23.7 Å². The summed E-state index contributed by atoms with van der Waals surface area (Å²) in [5, 5.41) is 0. The molecule has 7 aromatic rings. The molecule has 10 rings (SSSR count). The van der Waals surface area contributed by atoms with Crippen LogP contribution in [0.25, 0.3) is 34.2 Å². The van der Waals surface area contributed by atoms with Crippen LogP contribution in [0.15, 0.2) is 155 Å². The van der Waals surface area contributed by atoms with E-state index in [9.17, 15) is 0 Å². The molecule has 6 nitrogen and oxygen atoms in total. The van der Waals surface area contributed by atoms with E-state index in [1.165, 1.54) is 5.56 Å². The summed E-state index contributed by atoms with van der Waals surface area (Å²) in [6.45, 7) is 8.35. The molecule has 6 aromatic carbocycles. The Labute approximate surface area is 319 Å². The number of rotatable bonds is 4. The van der Waals surface area contributed by atoms with Crippen molar-refractivity contribution < 1.29 is 14.0 Å². The van der Waals surface area contributed by atoms with Crippen molar-refractivity contribution in [2.24, 2.45) is 0 Å². The first-order valence-corrected chi connectivity index (χ1v) is 19.1. The number of ether oxygens (including phenoxy) is 1. The molecule has 0 unspecified atom stereocenters. The van der Waals surface area contributed by atoms with Gasteiger partial charge in [-0.1, -0.05) is 139 Å². The van der Waals surface area contributed by atoms with Crippen molar-refractivity contribution in [1.29, 1.82) is 0 Å². The minimum absolute atomic E-state index is 0.555. The Morgan fingerprint density at radius 3 is 1.54 bits per heavy atom. The maximum atomic E-state index is 6.83. The molecule has 1 spiro atoms. The molecule has 0 aliphatic carbocycles. The van der Waals surface area contributed by atoms with E-state index in [-0.39, 0.29) is 0 Å². The van der Waals surface area contributed by atoms with Gasteiger partial charge in [-0.25, -0.2) is 15.0 Å².